The summed E-state index contributed by atoms with van der Waals surface area (Å²) in [6.07, 6.45) is 3.92. The standard InChI is InChI=1S/C24H24FN3O2/c1-17-5-6-20(16-23(17)26-9-3-4-10-26)24(30)28-13-11-27(12-14-28)22-8-7-19(18(2)29)15-21(22)25/h3-10,15-16H,11-14H2,1-2H3. The van der Waals surface area contributed by atoms with E-state index in [1.165, 1.54) is 13.0 Å². The first-order valence-electron chi connectivity index (χ1n) is 10.0. The predicted octanol–water partition coefficient (Wildman–Crippen LogP) is 4.09. The van der Waals surface area contributed by atoms with Gasteiger partial charge in [-0.1, -0.05) is 6.07 Å². The van der Waals surface area contributed by atoms with Crippen LogP contribution >= 0.6 is 0 Å². The highest BCUT2D eigenvalue weighted by Crippen LogP contribution is 2.23. The summed E-state index contributed by atoms with van der Waals surface area (Å²) in [4.78, 5) is 28.2. The van der Waals surface area contributed by atoms with Gasteiger partial charge in [0.15, 0.2) is 5.78 Å². The van der Waals surface area contributed by atoms with Crippen molar-refractivity contribution in [1.82, 2.24) is 9.47 Å². The number of ketones is 1. The number of hydrogen-bond donors (Lipinski definition) is 0. The van der Waals surface area contributed by atoms with Crippen LogP contribution in [0.4, 0.5) is 10.1 Å². The third-order valence-corrected chi connectivity index (χ3v) is 5.60. The molecule has 1 aromatic heterocycles. The second-order valence-corrected chi connectivity index (χ2v) is 7.59. The molecule has 154 valence electrons. The van der Waals surface area contributed by atoms with Crippen molar-refractivity contribution in [2.24, 2.45) is 0 Å². The van der Waals surface area contributed by atoms with E-state index in [2.05, 4.69) is 0 Å². The number of piperazine rings is 1. The lowest BCUT2D eigenvalue weighted by molar-refractivity contribution is 0.0746. The van der Waals surface area contributed by atoms with Crippen LogP contribution in [0, 0.1) is 12.7 Å². The maximum atomic E-state index is 14.5. The molecule has 3 aromatic rings. The second-order valence-electron chi connectivity index (χ2n) is 7.59. The third-order valence-electron chi connectivity index (χ3n) is 5.60. The molecule has 0 saturated carbocycles. The monoisotopic (exact) mass is 405 g/mol. The predicted molar refractivity (Wildman–Crippen MR) is 115 cm³/mol. The van der Waals surface area contributed by atoms with E-state index in [0.717, 1.165) is 11.3 Å². The number of carbonyl (C=O) groups excluding carboxylic acids is 2. The van der Waals surface area contributed by atoms with Crippen LogP contribution in [0.2, 0.25) is 0 Å². The largest absolute Gasteiger partial charge is 0.366 e. The number of Topliss-reactive ketones (excluding diaryl/α,β-unsaturated/α-hetero) is 1. The molecule has 0 bridgehead atoms. The first-order chi connectivity index (χ1) is 14.4. The molecular weight excluding hydrogens is 381 g/mol. The summed E-state index contributed by atoms with van der Waals surface area (Å²) in [5.74, 6) is -0.582. The van der Waals surface area contributed by atoms with Gasteiger partial charge in [0.05, 0.1) is 5.69 Å². The molecule has 1 fully saturated rings. The van der Waals surface area contributed by atoms with Crippen LogP contribution in [0.1, 0.15) is 33.2 Å². The fourth-order valence-corrected chi connectivity index (χ4v) is 3.83. The molecule has 0 aliphatic carbocycles. The van der Waals surface area contributed by atoms with Crippen LogP contribution in [-0.2, 0) is 0 Å². The minimum absolute atomic E-state index is 0.0181. The van der Waals surface area contributed by atoms with Crippen LogP contribution < -0.4 is 4.90 Å². The van der Waals surface area contributed by atoms with E-state index in [4.69, 9.17) is 0 Å². The van der Waals surface area contributed by atoms with Crippen molar-refractivity contribution in [3.05, 3.63) is 83.4 Å². The van der Waals surface area contributed by atoms with Gasteiger partial charge in [-0.3, -0.25) is 9.59 Å². The van der Waals surface area contributed by atoms with Crippen molar-refractivity contribution in [2.45, 2.75) is 13.8 Å². The molecule has 0 unspecified atom stereocenters. The Morgan fingerprint density at radius 1 is 0.867 bits per heavy atom. The zero-order valence-electron chi connectivity index (χ0n) is 17.1. The number of anilines is 1. The molecule has 2 aromatic carbocycles. The van der Waals surface area contributed by atoms with Crippen LogP contribution in [0.15, 0.2) is 60.9 Å². The Kier molecular flexibility index (Phi) is 5.40. The molecule has 5 nitrogen and oxygen atoms in total. The number of benzene rings is 2. The van der Waals surface area contributed by atoms with Crippen LogP contribution in [0.3, 0.4) is 0 Å². The van der Waals surface area contributed by atoms with Gasteiger partial charge >= 0.3 is 0 Å². The zero-order valence-corrected chi connectivity index (χ0v) is 17.1. The molecular formula is C24H24FN3O2. The highest BCUT2D eigenvalue weighted by atomic mass is 19.1. The molecule has 6 heteroatoms. The molecule has 0 atom stereocenters. The van der Waals surface area contributed by atoms with E-state index in [-0.39, 0.29) is 11.7 Å². The van der Waals surface area contributed by atoms with Gasteiger partial charge in [-0.15, -0.1) is 0 Å². The van der Waals surface area contributed by atoms with Gasteiger partial charge in [-0.25, -0.2) is 4.39 Å². The molecule has 4 rings (SSSR count). The quantitative estimate of drug-likeness (QED) is 0.614. The van der Waals surface area contributed by atoms with E-state index in [1.807, 2.05) is 64.0 Å². The van der Waals surface area contributed by atoms with Gasteiger partial charge < -0.3 is 14.4 Å². The Morgan fingerprint density at radius 2 is 1.53 bits per heavy atom. The van der Waals surface area contributed by atoms with Gasteiger partial charge in [-0.2, -0.15) is 0 Å². The summed E-state index contributed by atoms with van der Waals surface area (Å²) in [5, 5.41) is 0. The average molecular weight is 405 g/mol. The SMILES string of the molecule is CC(=O)c1ccc(N2CCN(C(=O)c3ccc(C)c(-n4cccc4)c3)CC2)c(F)c1. The van der Waals surface area contributed by atoms with E-state index >= 15 is 0 Å². The highest BCUT2D eigenvalue weighted by molar-refractivity contribution is 5.95. The Labute approximate surface area is 175 Å². The van der Waals surface area contributed by atoms with Crippen molar-refractivity contribution in [3.63, 3.8) is 0 Å². The Morgan fingerprint density at radius 3 is 2.17 bits per heavy atom. The van der Waals surface area contributed by atoms with Crippen molar-refractivity contribution in [1.29, 1.82) is 0 Å². The summed E-state index contributed by atoms with van der Waals surface area (Å²) in [6.45, 7) is 5.55. The lowest BCUT2D eigenvalue weighted by Gasteiger charge is -2.36. The van der Waals surface area contributed by atoms with Gasteiger partial charge in [0.2, 0.25) is 0 Å². The molecule has 0 N–H and O–H groups in total. The Balaban J connectivity index is 1.46. The van der Waals surface area contributed by atoms with Gasteiger partial charge in [0, 0.05) is 55.4 Å². The normalized spacial score (nSPS) is 14.1. The summed E-state index contributed by atoms with van der Waals surface area (Å²) in [5.41, 5.74) is 3.56. The summed E-state index contributed by atoms with van der Waals surface area (Å²) < 4.78 is 16.5. The van der Waals surface area contributed by atoms with Crippen molar-refractivity contribution < 1.29 is 14.0 Å². The summed E-state index contributed by atoms with van der Waals surface area (Å²) in [7, 11) is 0. The average Bonchev–Trinajstić information content (AvgIpc) is 3.28. The second kappa shape index (κ2) is 8.14. The lowest BCUT2D eigenvalue weighted by atomic mass is 10.1. The van der Waals surface area contributed by atoms with Crippen LogP contribution in [0.5, 0.6) is 0 Å². The molecule has 0 spiro atoms. The number of rotatable bonds is 4. The van der Waals surface area contributed by atoms with Gasteiger partial charge in [0.25, 0.3) is 5.91 Å². The number of halogens is 1. The fraction of sp³-hybridized carbons (Fsp3) is 0.250. The van der Waals surface area contributed by atoms with Crippen molar-refractivity contribution in [3.8, 4) is 5.69 Å². The Hall–Kier alpha value is -3.41. The number of nitrogens with zero attached hydrogens (tertiary/aromatic N) is 3. The number of carbonyl (C=O) groups is 2. The summed E-state index contributed by atoms with van der Waals surface area (Å²) in [6, 6.07) is 14.2. The molecule has 1 amide bonds. The first-order valence-corrected chi connectivity index (χ1v) is 10.0. The summed E-state index contributed by atoms with van der Waals surface area (Å²) >= 11 is 0. The number of aromatic nitrogens is 1. The topological polar surface area (TPSA) is 45.6 Å². The number of amides is 1. The van der Waals surface area contributed by atoms with E-state index in [1.54, 1.807) is 12.1 Å². The van der Waals surface area contributed by atoms with Crippen LogP contribution in [0.25, 0.3) is 5.69 Å². The van der Waals surface area contributed by atoms with E-state index in [0.29, 0.717) is 43.0 Å². The zero-order chi connectivity index (χ0) is 21.3. The van der Waals surface area contributed by atoms with Gasteiger partial charge in [-0.05, 0) is 61.9 Å². The first kappa shape index (κ1) is 19.9. The van der Waals surface area contributed by atoms with E-state index in [9.17, 15) is 14.0 Å². The molecule has 2 heterocycles. The Bertz CT molecular complexity index is 1080. The smallest absolute Gasteiger partial charge is 0.254 e. The van der Waals surface area contributed by atoms with E-state index < -0.39 is 5.82 Å². The van der Waals surface area contributed by atoms with Gasteiger partial charge in [0.1, 0.15) is 5.82 Å². The highest BCUT2D eigenvalue weighted by Gasteiger charge is 2.24. The lowest BCUT2D eigenvalue weighted by Crippen LogP contribution is -2.49. The fourth-order valence-electron chi connectivity index (χ4n) is 3.83. The van der Waals surface area contributed by atoms with Crippen molar-refractivity contribution in [2.75, 3.05) is 31.1 Å². The number of aryl methyl sites for hydroxylation is 1. The maximum absolute atomic E-state index is 14.5. The molecule has 1 saturated heterocycles. The minimum Gasteiger partial charge on any atom is -0.366 e. The number of hydrogen-bond acceptors (Lipinski definition) is 3. The van der Waals surface area contributed by atoms with Crippen molar-refractivity contribution >= 4 is 17.4 Å². The minimum atomic E-state index is -0.405. The van der Waals surface area contributed by atoms with Crippen LogP contribution in [-0.4, -0.2) is 47.3 Å². The maximum Gasteiger partial charge on any atom is 0.254 e. The molecule has 1 aliphatic rings. The molecule has 1 aliphatic heterocycles. The molecule has 30 heavy (non-hydrogen) atoms. The molecule has 0 radical (unpaired) electrons. The third kappa shape index (κ3) is 3.85.